The van der Waals surface area contributed by atoms with Crippen molar-refractivity contribution in [1.29, 1.82) is 0 Å². The number of nitrogens with one attached hydrogen (secondary N) is 1. The second kappa shape index (κ2) is 7.29. The number of aliphatic hydroxyl groups is 1. The summed E-state index contributed by atoms with van der Waals surface area (Å²) in [6.07, 6.45) is 2.79. The van der Waals surface area contributed by atoms with Gasteiger partial charge in [0.25, 0.3) is 5.91 Å². The second-order valence-electron chi connectivity index (χ2n) is 3.67. The Labute approximate surface area is 99.0 Å². The minimum Gasteiger partial charge on any atom is -0.396 e. The van der Waals surface area contributed by atoms with Crippen LogP contribution in [0.3, 0.4) is 0 Å². The lowest BCUT2D eigenvalue weighted by Crippen LogP contribution is -2.30. The molecule has 1 unspecified atom stereocenters. The van der Waals surface area contributed by atoms with E-state index in [-0.39, 0.29) is 12.5 Å². The van der Waals surface area contributed by atoms with Crippen LogP contribution in [0.4, 0.5) is 0 Å². The summed E-state index contributed by atoms with van der Waals surface area (Å²) >= 11 is 1.16. The van der Waals surface area contributed by atoms with Gasteiger partial charge in [0.2, 0.25) is 0 Å². The monoisotopic (exact) mass is 243 g/mol. The number of aromatic nitrogens is 2. The van der Waals surface area contributed by atoms with Crippen molar-refractivity contribution < 1.29 is 9.90 Å². The molecule has 1 heterocycles. The zero-order chi connectivity index (χ0) is 11.8. The lowest BCUT2D eigenvalue weighted by molar-refractivity contribution is 0.0938. The van der Waals surface area contributed by atoms with Crippen LogP contribution in [0.15, 0.2) is 5.38 Å². The number of hydrogen-bond donors (Lipinski definition) is 2. The molecule has 0 fully saturated rings. The van der Waals surface area contributed by atoms with E-state index >= 15 is 0 Å². The van der Waals surface area contributed by atoms with Crippen molar-refractivity contribution in [3.05, 3.63) is 11.1 Å². The first-order chi connectivity index (χ1) is 7.77. The van der Waals surface area contributed by atoms with Crippen molar-refractivity contribution in [3.8, 4) is 0 Å². The van der Waals surface area contributed by atoms with E-state index in [4.69, 9.17) is 5.11 Å². The van der Waals surface area contributed by atoms with E-state index in [1.807, 2.05) is 0 Å². The number of amides is 1. The zero-order valence-electron chi connectivity index (χ0n) is 9.35. The van der Waals surface area contributed by atoms with Gasteiger partial charge in [-0.1, -0.05) is 17.8 Å². The molecular formula is C10H17N3O2S. The first-order valence-corrected chi connectivity index (χ1v) is 6.27. The third-order valence-corrected chi connectivity index (χ3v) is 2.88. The maximum Gasteiger partial charge on any atom is 0.272 e. The van der Waals surface area contributed by atoms with Crippen molar-refractivity contribution in [3.63, 3.8) is 0 Å². The van der Waals surface area contributed by atoms with Crippen LogP contribution in [-0.2, 0) is 0 Å². The molecule has 0 spiro atoms. The average molecular weight is 243 g/mol. The van der Waals surface area contributed by atoms with Crippen LogP contribution in [-0.4, -0.2) is 33.8 Å². The Morgan fingerprint density at radius 1 is 1.62 bits per heavy atom. The minimum atomic E-state index is -0.187. The molecule has 6 heteroatoms. The number of nitrogens with zero attached hydrogens (tertiary/aromatic N) is 2. The normalized spacial score (nSPS) is 12.4. The summed E-state index contributed by atoms with van der Waals surface area (Å²) in [7, 11) is 0. The Hall–Kier alpha value is -1.01. The Morgan fingerprint density at radius 2 is 2.44 bits per heavy atom. The van der Waals surface area contributed by atoms with Crippen LogP contribution in [0.2, 0.25) is 0 Å². The molecule has 0 aliphatic carbocycles. The molecule has 16 heavy (non-hydrogen) atoms. The molecule has 1 rings (SSSR count). The number of aliphatic hydroxyl groups excluding tert-OH is 1. The fourth-order valence-electron chi connectivity index (χ4n) is 1.53. The standard InChI is InChI=1S/C10H17N3O2S/c1-2-3-8(4-5-14)6-11-10(15)9-7-16-13-12-9/h7-8,14H,2-6H2,1H3,(H,11,15). The van der Waals surface area contributed by atoms with Gasteiger partial charge in [0.05, 0.1) is 0 Å². The molecule has 1 amide bonds. The molecule has 5 nitrogen and oxygen atoms in total. The van der Waals surface area contributed by atoms with Gasteiger partial charge in [0, 0.05) is 18.5 Å². The predicted octanol–water partition coefficient (Wildman–Crippen LogP) is 1.07. The van der Waals surface area contributed by atoms with Crippen molar-refractivity contribution in [2.45, 2.75) is 26.2 Å². The van der Waals surface area contributed by atoms with Gasteiger partial charge in [-0.05, 0) is 30.3 Å². The topological polar surface area (TPSA) is 75.1 Å². The highest BCUT2D eigenvalue weighted by Gasteiger charge is 2.12. The zero-order valence-corrected chi connectivity index (χ0v) is 10.2. The lowest BCUT2D eigenvalue weighted by Gasteiger charge is -2.14. The van der Waals surface area contributed by atoms with Gasteiger partial charge >= 0.3 is 0 Å². The number of carbonyl (C=O) groups is 1. The van der Waals surface area contributed by atoms with E-state index in [9.17, 15) is 4.79 Å². The van der Waals surface area contributed by atoms with E-state index in [0.29, 0.717) is 18.2 Å². The van der Waals surface area contributed by atoms with Crippen LogP contribution in [0, 0.1) is 5.92 Å². The molecule has 0 radical (unpaired) electrons. The third-order valence-electron chi connectivity index (χ3n) is 2.38. The van der Waals surface area contributed by atoms with Gasteiger partial charge in [0.15, 0.2) is 5.69 Å². The maximum absolute atomic E-state index is 11.5. The van der Waals surface area contributed by atoms with Crippen LogP contribution < -0.4 is 5.32 Å². The fraction of sp³-hybridized carbons (Fsp3) is 0.700. The van der Waals surface area contributed by atoms with E-state index < -0.39 is 0 Å². The van der Waals surface area contributed by atoms with E-state index in [1.54, 1.807) is 5.38 Å². The lowest BCUT2D eigenvalue weighted by atomic mass is 10.0. The van der Waals surface area contributed by atoms with Crippen LogP contribution in [0.1, 0.15) is 36.7 Å². The molecule has 2 N–H and O–H groups in total. The summed E-state index contributed by atoms with van der Waals surface area (Å²) in [5.74, 6) is 0.151. The molecule has 0 aliphatic rings. The van der Waals surface area contributed by atoms with Crippen molar-refractivity contribution in [1.82, 2.24) is 14.9 Å². The van der Waals surface area contributed by atoms with Crippen LogP contribution >= 0.6 is 11.5 Å². The first kappa shape index (κ1) is 13.1. The van der Waals surface area contributed by atoms with Gasteiger partial charge in [-0.25, -0.2) is 0 Å². The Kier molecular flexibility index (Phi) is 5.95. The second-order valence-corrected chi connectivity index (χ2v) is 4.28. The molecule has 1 aromatic rings. The number of hydrogen-bond acceptors (Lipinski definition) is 5. The smallest absolute Gasteiger partial charge is 0.272 e. The molecule has 1 aromatic heterocycles. The molecule has 0 aromatic carbocycles. The predicted molar refractivity (Wildman–Crippen MR) is 62.3 cm³/mol. The summed E-state index contributed by atoms with van der Waals surface area (Å²) in [6.45, 7) is 2.85. The first-order valence-electron chi connectivity index (χ1n) is 5.44. The molecule has 0 bridgehead atoms. The van der Waals surface area contributed by atoms with Crippen molar-refractivity contribution in [2.75, 3.05) is 13.2 Å². The maximum atomic E-state index is 11.5. The van der Waals surface area contributed by atoms with Gasteiger partial charge < -0.3 is 10.4 Å². The van der Waals surface area contributed by atoms with Gasteiger partial charge in [-0.3, -0.25) is 4.79 Å². The average Bonchev–Trinajstić information content (AvgIpc) is 2.79. The quantitative estimate of drug-likeness (QED) is 0.751. The minimum absolute atomic E-state index is 0.165. The van der Waals surface area contributed by atoms with Gasteiger partial charge in [-0.2, -0.15) is 0 Å². The fourth-order valence-corrected chi connectivity index (χ4v) is 1.97. The molecular weight excluding hydrogens is 226 g/mol. The third kappa shape index (κ3) is 4.24. The largest absolute Gasteiger partial charge is 0.396 e. The molecule has 1 atom stereocenters. The van der Waals surface area contributed by atoms with Gasteiger partial charge in [-0.15, -0.1) is 5.10 Å². The molecule has 0 saturated heterocycles. The number of carbonyl (C=O) groups excluding carboxylic acids is 1. The van der Waals surface area contributed by atoms with Crippen molar-refractivity contribution >= 4 is 17.4 Å². The summed E-state index contributed by atoms with van der Waals surface area (Å²) in [6, 6.07) is 0. The van der Waals surface area contributed by atoms with Crippen LogP contribution in [0.5, 0.6) is 0 Å². The summed E-state index contributed by atoms with van der Waals surface area (Å²) < 4.78 is 3.63. The Bertz CT molecular complexity index is 297. The molecule has 0 saturated carbocycles. The highest BCUT2D eigenvalue weighted by atomic mass is 32.1. The van der Waals surface area contributed by atoms with Crippen LogP contribution in [0.25, 0.3) is 0 Å². The van der Waals surface area contributed by atoms with E-state index in [2.05, 4.69) is 21.8 Å². The summed E-state index contributed by atoms with van der Waals surface area (Å²) in [5.41, 5.74) is 0.365. The van der Waals surface area contributed by atoms with Crippen molar-refractivity contribution in [2.24, 2.45) is 5.92 Å². The highest BCUT2D eigenvalue weighted by Crippen LogP contribution is 2.09. The summed E-state index contributed by atoms with van der Waals surface area (Å²) in [5, 5.41) is 17.0. The van der Waals surface area contributed by atoms with E-state index in [0.717, 1.165) is 30.8 Å². The Morgan fingerprint density at radius 3 is 3.00 bits per heavy atom. The summed E-state index contributed by atoms with van der Waals surface area (Å²) in [4.78, 5) is 11.5. The molecule has 90 valence electrons. The highest BCUT2D eigenvalue weighted by molar-refractivity contribution is 7.03. The van der Waals surface area contributed by atoms with E-state index in [1.165, 1.54) is 0 Å². The Balaban J connectivity index is 2.34. The number of rotatable bonds is 7. The molecule has 0 aliphatic heterocycles. The SMILES string of the molecule is CCCC(CCO)CNC(=O)c1csnn1. The van der Waals surface area contributed by atoms with Gasteiger partial charge in [0.1, 0.15) is 0 Å².